The number of piperidine rings is 1. The van der Waals surface area contributed by atoms with Crippen molar-refractivity contribution in [3.63, 3.8) is 0 Å². The van der Waals surface area contributed by atoms with Crippen LogP contribution < -0.4 is 10.1 Å². The lowest BCUT2D eigenvalue weighted by Crippen LogP contribution is -2.57. The van der Waals surface area contributed by atoms with E-state index in [0.29, 0.717) is 37.2 Å². The lowest BCUT2D eigenvalue weighted by Gasteiger charge is -2.38. The van der Waals surface area contributed by atoms with Gasteiger partial charge in [0.15, 0.2) is 5.60 Å². The highest BCUT2D eigenvalue weighted by Crippen LogP contribution is 2.26. The molecule has 1 aliphatic rings. The molecule has 2 aromatic rings. The number of likely N-dealkylation sites (tertiary alicyclic amines) is 1. The number of nitrogens with one attached hydrogen (secondary N) is 1. The molecule has 6 heteroatoms. The second kappa shape index (κ2) is 8.50. The van der Waals surface area contributed by atoms with Gasteiger partial charge in [-0.1, -0.05) is 30.3 Å². The van der Waals surface area contributed by atoms with Crippen LogP contribution >= 0.6 is 0 Å². The molecule has 1 amide bonds. The molecule has 1 fully saturated rings. The number of hydrogen-bond acceptors (Lipinski definition) is 4. The predicted molar refractivity (Wildman–Crippen MR) is 101 cm³/mol. The monoisotopic (exact) mass is 372 g/mol. The number of hydrogen-bond donors (Lipinski definition) is 2. The topological polar surface area (TPSA) is 61.8 Å². The van der Waals surface area contributed by atoms with E-state index in [1.165, 1.54) is 18.1 Å². The second-order valence-electron chi connectivity index (χ2n) is 6.91. The lowest BCUT2D eigenvalue weighted by molar-refractivity contribution is -0.157. The van der Waals surface area contributed by atoms with Gasteiger partial charge in [-0.25, -0.2) is 4.39 Å². The van der Waals surface area contributed by atoms with Crippen LogP contribution in [0.4, 0.5) is 4.39 Å². The van der Waals surface area contributed by atoms with E-state index < -0.39 is 5.60 Å². The van der Waals surface area contributed by atoms with Crippen molar-refractivity contribution < 1.29 is 19.0 Å². The van der Waals surface area contributed by atoms with Crippen molar-refractivity contribution in [2.24, 2.45) is 0 Å². The first-order valence-corrected chi connectivity index (χ1v) is 9.11. The van der Waals surface area contributed by atoms with Crippen molar-refractivity contribution in [2.75, 3.05) is 20.2 Å². The average Bonchev–Trinajstić information content (AvgIpc) is 2.68. The van der Waals surface area contributed by atoms with Crippen LogP contribution in [0.1, 0.15) is 24.0 Å². The molecule has 1 saturated heterocycles. The number of rotatable bonds is 7. The Kier molecular flexibility index (Phi) is 6.08. The minimum absolute atomic E-state index is 0.114. The number of methoxy groups -OCH3 is 1. The molecule has 1 atom stereocenters. The van der Waals surface area contributed by atoms with Crippen molar-refractivity contribution in [3.05, 3.63) is 65.5 Å². The molecule has 0 unspecified atom stereocenters. The number of carbonyl (C=O) groups excluding carboxylic acids is 1. The van der Waals surface area contributed by atoms with Gasteiger partial charge in [0.2, 0.25) is 0 Å². The van der Waals surface area contributed by atoms with Crippen LogP contribution in [0.3, 0.4) is 0 Å². The number of carbonyl (C=O) groups is 1. The molecule has 0 saturated carbocycles. The van der Waals surface area contributed by atoms with E-state index in [0.717, 1.165) is 5.56 Å². The standard InChI is InChI=1S/C21H25FN2O3/c1-27-18-8-9-19(22)17(12-18)14-24-11-5-10-21(26,20(24)25)15-23-13-16-6-3-2-4-7-16/h2-4,6-9,12,23,26H,5,10-11,13-15H2,1H3/t21-/m1/s1. The van der Waals surface area contributed by atoms with Gasteiger partial charge in [0.05, 0.1) is 7.11 Å². The number of aliphatic hydroxyl groups is 1. The van der Waals surface area contributed by atoms with Gasteiger partial charge in [-0.3, -0.25) is 4.79 Å². The summed E-state index contributed by atoms with van der Waals surface area (Å²) in [5.74, 6) is -0.216. The summed E-state index contributed by atoms with van der Waals surface area (Å²) >= 11 is 0. The maximum absolute atomic E-state index is 14.1. The van der Waals surface area contributed by atoms with Crippen LogP contribution in [0.2, 0.25) is 0 Å². The number of benzene rings is 2. The molecule has 1 heterocycles. The van der Waals surface area contributed by atoms with Crippen LogP contribution in [0.25, 0.3) is 0 Å². The Morgan fingerprint density at radius 3 is 2.78 bits per heavy atom. The summed E-state index contributed by atoms with van der Waals surface area (Å²) in [7, 11) is 1.51. The molecule has 3 rings (SSSR count). The third-order valence-electron chi connectivity index (χ3n) is 4.91. The van der Waals surface area contributed by atoms with Crippen molar-refractivity contribution >= 4 is 5.91 Å². The zero-order valence-electron chi connectivity index (χ0n) is 15.5. The smallest absolute Gasteiger partial charge is 0.256 e. The molecule has 27 heavy (non-hydrogen) atoms. The zero-order valence-corrected chi connectivity index (χ0v) is 15.5. The summed E-state index contributed by atoms with van der Waals surface area (Å²) in [6, 6.07) is 14.3. The Balaban J connectivity index is 1.64. The van der Waals surface area contributed by atoms with Crippen LogP contribution in [-0.2, 0) is 17.9 Å². The van der Waals surface area contributed by atoms with Crippen LogP contribution in [0.15, 0.2) is 48.5 Å². The molecular formula is C21H25FN2O3. The van der Waals surface area contributed by atoms with Gasteiger partial charge in [0, 0.05) is 31.7 Å². The normalized spacial score (nSPS) is 20.0. The fourth-order valence-electron chi connectivity index (χ4n) is 3.39. The minimum Gasteiger partial charge on any atom is -0.497 e. The summed E-state index contributed by atoms with van der Waals surface area (Å²) < 4.78 is 19.2. The summed E-state index contributed by atoms with van der Waals surface area (Å²) in [5, 5.41) is 14.0. The third kappa shape index (κ3) is 4.64. The van der Waals surface area contributed by atoms with E-state index in [-0.39, 0.29) is 24.8 Å². The van der Waals surface area contributed by atoms with E-state index in [4.69, 9.17) is 4.74 Å². The minimum atomic E-state index is -1.47. The molecule has 0 aliphatic carbocycles. The van der Waals surface area contributed by atoms with Gasteiger partial charge in [-0.15, -0.1) is 0 Å². The Morgan fingerprint density at radius 2 is 2.04 bits per heavy atom. The lowest BCUT2D eigenvalue weighted by atomic mass is 9.91. The Morgan fingerprint density at radius 1 is 1.26 bits per heavy atom. The molecule has 1 aliphatic heterocycles. The Bertz CT molecular complexity index is 784. The summed E-state index contributed by atoms with van der Waals surface area (Å²) in [6.07, 6.45) is 1.06. The zero-order chi connectivity index (χ0) is 19.3. The summed E-state index contributed by atoms with van der Waals surface area (Å²) in [6.45, 7) is 1.35. The van der Waals surface area contributed by atoms with Gasteiger partial charge >= 0.3 is 0 Å². The molecule has 0 spiro atoms. The fraction of sp³-hybridized carbons (Fsp3) is 0.381. The van der Waals surface area contributed by atoms with Crippen LogP contribution in [0, 0.1) is 5.82 Å². The molecule has 2 N–H and O–H groups in total. The Labute approximate surface area is 158 Å². The number of amides is 1. The molecule has 0 radical (unpaired) electrons. The first kappa shape index (κ1) is 19.3. The van der Waals surface area contributed by atoms with Gasteiger partial charge in [-0.05, 0) is 36.6 Å². The molecule has 144 valence electrons. The van der Waals surface area contributed by atoms with E-state index in [2.05, 4.69) is 5.32 Å². The van der Waals surface area contributed by atoms with Crippen molar-refractivity contribution in [1.82, 2.24) is 10.2 Å². The van der Waals surface area contributed by atoms with Gasteiger partial charge in [0.25, 0.3) is 5.91 Å². The molecule has 2 aromatic carbocycles. The van der Waals surface area contributed by atoms with E-state index in [1.807, 2.05) is 30.3 Å². The molecule has 0 aromatic heterocycles. The number of halogens is 1. The van der Waals surface area contributed by atoms with Crippen molar-refractivity contribution in [1.29, 1.82) is 0 Å². The molecule has 0 bridgehead atoms. The van der Waals surface area contributed by atoms with Crippen LogP contribution in [0.5, 0.6) is 5.75 Å². The van der Waals surface area contributed by atoms with Crippen molar-refractivity contribution in [3.8, 4) is 5.75 Å². The largest absolute Gasteiger partial charge is 0.497 e. The quantitative estimate of drug-likeness (QED) is 0.784. The predicted octanol–water partition coefficient (Wildman–Crippen LogP) is 2.48. The van der Waals surface area contributed by atoms with E-state index in [9.17, 15) is 14.3 Å². The fourth-order valence-corrected chi connectivity index (χ4v) is 3.39. The van der Waals surface area contributed by atoms with Crippen molar-refractivity contribution in [2.45, 2.75) is 31.5 Å². The highest BCUT2D eigenvalue weighted by Gasteiger charge is 2.41. The summed E-state index contributed by atoms with van der Waals surface area (Å²) in [4.78, 5) is 14.4. The maximum atomic E-state index is 14.1. The number of nitrogens with zero attached hydrogens (tertiary/aromatic N) is 1. The highest BCUT2D eigenvalue weighted by atomic mass is 19.1. The van der Waals surface area contributed by atoms with Gasteiger partial charge in [-0.2, -0.15) is 0 Å². The number of ether oxygens (including phenoxy) is 1. The first-order chi connectivity index (χ1) is 13.0. The Hall–Kier alpha value is -2.44. The van der Waals surface area contributed by atoms with Crippen LogP contribution in [-0.4, -0.2) is 41.7 Å². The highest BCUT2D eigenvalue weighted by molar-refractivity contribution is 5.86. The van der Waals surface area contributed by atoms with Gasteiger partial charge in [0.1, 0.15) is 11.6 Å². The maximum Gasteiger partial charge on any atom is 0.256 e. The molecule has 5 nitrogen and oxygen atoms in total. The SMILES string of the molecule is COc1ccc(F)c(CN2CCC[C@@](O)(CNCc3ccccc3)C2=O)c1. The summed E-state index contributed by atoms with van der Waals surface area (Å²) in [5.41, 5.74) is -0.00796. The average molecular weight is 372 g/mol. The third-order valence-corrected chi connectivity index (χ3v) is 4.91. The van der Waals surface area contributed by atoms with E-state index >= 15 is 0 Å². The van der Waals surface area contributed by atoms with Gasteiger partial charge < -0.3 is 20.1 Å². The van der Waals surface area contributed by atoms with E-state index in [1.54, 1.807) is 12.1 Å². The molecular weight excluding hydrogens is 347 g/mol. The first-order valence-electron chi connectivity index (χ1n) is 9.11. The second-order valence-corrected chi connectivity index (χ2v) is 6.91.